The first kappa shape index (κ1) is 16.3. The maximum atomic E-state index is 10.3. The van der Waals surface area contributed by atoms with Crippen LogP contribution >= 0.6 is 15.9 Å². The standard InChI is InChI=1S/C19H19BrN2O3/c1-19(2)22-16(14-8-11(20)4-7-18(14)25-19)10-15(21-22)13-9-12(24-3)5-6-17(13)23/h4-9,16,23H,10H2,1-3H3. The summed E-state index contributed by atoms with van der Waals surface area (Å²) in [7, 11) is 1.61. The lowest BCUT2D eigenvalue weighted by Gasteiger charge is -2.43. The van der Waals surface area contributed by atoms with Gasteiger partial charge in [-0.15, -0.1) is 0 Å². The van der Waals surface area contributed by atoms with Crippen LogP contribution in [0.5, 0.6) is 17.2 Å². The summed E-state index contributed by atoms with van der Waals surface area (Å²) in [5.41, 5.74) is 2.05. The number of hydrogen-bond acceptors (Lipinski definition) is 5. The van der Waals surface area contributed by atoms with E-state index in [9.17, 15) is 5.11 Å². The van der Waals surface area contributed by atoms with Crippen molar-refractivity contribution in [3.8, 4) is 17.2 Å². The average Bonchev–Trinajstić information content (AvgIpc) is 3.02. The van der Waals surface area contributed by atoms with Crippen molar-refractivity contribution in [1.29, 1.82) is 0 Å². The highest BCUT2D eigenvalue weighted by molar-refractivity contribution is 9.10. The maximum Gasteiger partial charge on any atom is 0.192 e. The Bertz CT molecular complexity index is 879. The van der Waals surface area contributed by atoms with Gasteiger partial charge in [-0.1, -0.05) is 15.9 Å². The Kier molecular flexibility index (Phi) is 3.68. The van der Waals surface area contributed by atoms with Crippen LogP contribution in [0.4, 0.5) is 0 Å². The molecule has 0 aromatic heterocycles. The first-order valence-electron chi connectivity index (χ1n) is 8.12. The molecular weight excluding hydrogens is 384 g/mol. The van der Waals surface area contributed by atoms with Gasteiger partial charge in [0, 0.05) is 22.0 Å². The molecule has 0 aliphatic carbocycles. The second kappa shape index (κ2) is 5.66. The summed E-state index contributed by atoms with van der Waals surface area (Å²) in [4.78, 5) is 0. The van der Waals surface area contributed by atoms with Gasteiger partial charge in [0.05, 0.1) is 18.9 Å². The lowest BCUT2D eigenvalue weighted by molar-refractivity contribution is -0.0911. The Labute approximate surface area is 155 Å². The van der Waals surface area contributed by atoms with E-state index in [0.717, 1.165) is 21.5 Å². The van der Waals surface area contributed by atoms with E-state index in [1.165, 1.54) is 0 Å². The van der Waals surface area contributed by atoms with E-state index < -0.39 is 5.72 Å². The summed E-state index contributed by atoms with van der Waals surface area (Å²) in [6.07, 6.45) is 0.691. The van der Waals surface area contributed by atoms with Crippen LogP contribution in [0, 0.1) is 0 Å². The van der Waals surface area contributed by atoms with Gasteiger partial charge >= 0.3 is 0 Å². The summed E-state index contributed by atoms with van der Waals surface area (Å²) in [6, 6.07) is 11.3. The third kappa shape index (κ3) is 2.65. The number of nitrogens with zero attached hydrogens (tertiary/aromatic N) is 2. The zero-order chi connectivity index (χ0) is 17.8. The number of phenolic OH excluding ortho intramolecular Hbond substituents is 1. The fraction of sp³-hybridized carbons (Fsp3) is 0.316. The molecule has 0 saturated heterocycles. The zero-order valence-electron chi connectivity index (χ0n) is 14.3. The quantitative estimate of drug-likeness (QED) is 0.806. The van der Waals surface area contributed by atoms with Crippen molar-refractivity contribution in [3.63, 3.8) is 0 Å². The molecule has 1 unspecified atom stereocenters. The Hall–Kier alpha value is -2.21. The fourth-order valence-corrected chi connectivity index (χ4v) is 3.85. The molecule has 2 heterocycles. The lowest BCUT2D eigenvalue weighted by Crippen LogP contribution is -2.48. The summed E-state index contributed by atoms with van der Waals surface area (Å²) in [5, 5.41) is 17.1. The largest absolute Gasteiger partial charge is 0.507 e. The number of hydrazone groups is 1. The summed E-state index contributed by atoms with van der Waals surface area (Å²) in [5.74, 6) is 1.77. The Morgan fingerprint density at radius 2 is 2.08 bits per heavy atom. The molecule has 1 N–H and O–H groups in total. The number of phenols is 1. The molecule has 5 nitrogen and oxygen atoms in total. The minimum absolute atomic E-state index is 0.0665. The van der Waals surface area contributed by atoms with Gasteiger partial charge < -0.3 is 14.6 Å². The second-order valence-corrected chi connectivity index (χ2v) is 7.64. The molecule has 0 fully saturated rings. The van der Waals surface area contributed by atoms with Gasteiger partial charge in [-0.3, -0.25) is 0 Å². The molecule has 0 bridgehead atoms. The van der Waals surface area contributed by atoms with Crippen molar-refractivity contribution in [3.05, 3.63) is 52.0 Å². The first-order valence-corrected chi connectivity index (χ1v) is 8.91. The third-order valence-electron chi connectivity index (χ3n) is 4.67. The van der Waals surface area contributed by atoms with Crippen LogP contribution in [0.1, 0.15) is 37.4 Å². The molecule has 0 spiro atoms. The molecule has 2 aliphatic rings. The van der Waals surface area contributed by atoms with Gasteiger partial charge in [-0.05, 0) is 50.2 Å². The molecule has 4 rings (SSSR count). The topological polar surface area (TPSA) is 54.3 Å². The van der Waals surface area contributed by atoms with Crippen LogP contribution < -0.4 is 9.47 Å². The Balaban J connectivity index is 1.79. The predicted molar refractivity (Wildman–Crippen MR) is 99.2 cm³/mol. The molecule has 2 aliphatic heterocycles. The summed E-state index contributed by atoms with van der Waals surface area (Å²) in [6.45, 7) is 4.01. The van der Waals surface area contributed by atoms with E-state index in [4.69, 9.17) is 14.6 Å². The van der Waals surface area contributed by atoms with Crippen molar-refractivity contribution in [2.75, 3.05) is 7.11 Å². The van der Waals surface area contributed by atoms with E-state index in [1.54, 1.807) is 19.2 Å². The number of methoxy groups -OCH3 is 1. The van der Waals surface area contributed by atoms with Gasteiger partial charge in [0.1, 0.15) is 17.2 Å². The van der Waals surface area contributed by atoms with Crippen molar-refractivity contribution in [2.24, 2.45) is 5.10 Å². The molecule has 2 aromatic carbocycles. The number of rotatable bonds is 2. The number of aromatic hydroxyl groups is 1. The van der Waals surface area contributed by atoms with Gasteiger partial charge in [-0.25, -0.2) is 5.01 Å². The molecular formula is C19H19BrN2O3. The maximum absolute atomic E-state index is 10.3. The van der Waals surface area contributed by atoms with Gasteiger partial charge in [0.2, 0.25) is 0 Å². The number of halogens is 1. The first-order chi connectivity index (χ1) is 11.9. The van der Waals surface area contributed by atoms with E-state index in [0.29, 0.717) is 17.7 Å². The number of ether oxygens (including phenoxy) is 2. The van der Waals surface area contributed by atoms with E-state index in [-0.39, 0.29) is 11.8 Å². The predicted octanol–water partition coefficient (Wildman–Crippen LogP) is 4.44. The normalized spacial score (nSPS) is 20.4. The van der Waals surface area contributed by atoms with Crippen LogP contribution in [-0.4, -0.2) is 28.7 Å². The minimum atomic E-state index is -0.568. The van der Waals surface area contributed by atoms with Gasteiger partial charge in [0.15, 0.2) is 5.72 Å². The Morgan fingerprint density at radius 1 is 1.28 bits per heavy atom. The Morgan fingerprint density at radius 3 is 2.84 bits per heavy atom. The van der Waals surface area contributed by atoms with Crippen LogP contribution in [0.15, 0.2) is 46.0 Å². The number of benzene rings is 2. The second-order valence-electron chi connectivity index (χ2n) is 6.73. The SMILES string of the molecule is COc1ccc(O)c(C2=NN3C(C2)c2cc(Br)ccc2OC3(C)C)c1. The van der Waals surface area contributed by atoms with Crippen LogP contribution in [0.3, 0.4) is 0 Å². The number of fused-ring (bicyclic) bond motifs is 3. The molecule has 2 aromatic rings. The summed E-state index contributed by atoms with van der Waals surface area (Å²) >= 11 is 3.54. The highest BCUT2D eigenvalue weighted by Gasteiger charge is 2.45. The van der Waals surface area contributed by atoms with Crippen molar-refractivity contribution in [1.82, 2.24) is 5.01 Å². The number of hydrogen-bond donors (Lipinski definition) is 1. The highest BCUT2D eigenvalue weighted by atomic mass is 79.9. The van der Waals surface area contributed by atoms with Crippen LogP contribution in [0.25, 0.3) is 0 Å². The minimum Gasteiger partial charge on any atom is -0.507 e. The molecule has 0 amide bonds. The van der Waals surface area contributed by atoms with Crippen molar-refractivity contribution < 1.29 is 14.6 Å². The van der Waals surface area contributed by atoms with E-state index in [2.05, 4.69) is 22.0 Å². The average molecular weight is 403 g/mol. The molecule has 6 heteroatoms. The molecule has 0 saturated carbocycles. The van der Waals surface area contributed by atoms with E-state index in [1.807, 2.05) is 37.1 Å². The fourth-order valence-electron chi connectivity index (χ4n) is 3.47. The third-order valence-corrected chi connectivity index (χ3v) is 5.16. The lowest BCUT2D eigenvalue weighted by atomic mass is 9.95. The highest BCUT2D eigenvalue weighted by Crippen LogP contribution is 2.47. The van der Waals surface area contributed by atoms with Crippen LogP contribution in [-0.2, 0) is 0 Å². The van der Waals surface area contributed by atoms with E-state index >= 15 is 0 Å². The monoisotopic (exact) mass is 402 g/mol. The van der Waals surface area contributed by atoms with Crippen molar-refractivity contribution in [2.45, 2.75) is 32.0 Å². The smallest absolute Gasteiger partial charge is 0.192 e. The zero-order valence-corrected chi connectivity index (χ0v) is 15.9. The van der Waals surface area contributed by atoms with Crippen molar-refractivity contribution >= 4 is 21.6 Å². The van der Waals surface area contributed by atoms with Gasteiger partial charge in [0.25, 0.3) is 0 Å². The summed E-state index contributed by atoms with van der Waals surface area (Å²) < 4.78 is 12.5. The van der Waals surface area contributed by atoms with Crippen LogP contribution in [0.2, 0.25) is 0 Å². The molecule has 25 heavy (non-hydrogen) atoms. The van der Waals surface area contributed by atoms with Gasteiger partial charge in [-0.2, -0.15) is 5.10 Å². The molecule has 130 valence electrons. The molecule has 1 atom stereocenters. The molecule has 0 radical (unpaired) electrons.